The molecule has 0 bridgehead atoms. The van der Waals surface area contributed by atoms with Crippen LogP contribution in [0.25, 0.3) is 0 Å². The van der Waals surface area contributed by atoms with E-state index in [1.54, 1.807) is 6.07 Å². The second-order valence-electron chi connectivity index (χ2n) is 3.72. The van der Waals surface area contributed by atoms with E-state index in [0.717, 1.165) is 0 Å². The zero-order chi connectivity index (χ0) is 13.0. The largest absolute Gasteiger partial charge is 0.394 e. The third kappa shape index (κ3) is 3.23. The van der Waals surface area contributed by atoms with Crippen molar-refractivity contribution in [2.45, 2.75) is 30.7 Å². The first-order valence-electron chi connectivity index (χ1n) is 5.01. The van der Waals surface area contributed by atoms with E-state index in [9.17, 15) is 15.3 Å². The van der Waals surface area contributed by atoms with Crippen molar-refractivity contribution in [2.75, 3.05) is 13.2 Å². The van der Waals surface area contributed by atoms with Crippen LogP contribution in [0.3, 0.4) is 0 Å². The Hall–Kier alpha value is -1.01. The number of aliphatic hydroxyl groups is 4. The molecule has 0 saturated carbocycles. The maximum atomic E-state index is 9.55. The molecule has 17 heavy (non-hydrogen) atoms. The van der Waals surface area contributed by atoms with Crippen molar-refractivity contribution < 1.29 is 29.9 Å². The molecule has 0 amide bonds. The highest BCUT2D eigenvalue weighted by molar-refractivity contribution is 5.15. The Balaban J connectivity index is 2.60. The minimum Gasteiger partial charge on any atom is -0.394 e. The maximum Gasteiger partial charge on any atom is 0.187 e. The predicted molar refractivity (Wildman–Crippen MR) is 54.5 cm³/mol. The smallest absolute Gasteiger partial charge is 0.187 e. The number of hydrogen-bond donors (Lipinski definition) is 4. The van der Waals surface area contributed by atoms with E-state index in [1.165, 1.54) is 0 Å². The van der Waals surface area contributed by atoms with Gasteiger partial charge in [0.25, 0.3) is 0 Å². The normalized spacial score (nSPS) is 37.5. The molecule has 0 aromatic rings. The lowest BCUT2D eigenvalue weighted by molar-refractivity contribution is -0.298. The first-order chi connectivity index (χ1) is 8.01. The molecule has 4 N–H and O–H groups in total. The molecule has 0 aromatic carbocycles. The Morgan fingerprint density at radius 3 is 2.47 bits per heavy atom. The van der Waals surface area contributed by atoms with Crippen molar-refractivity contribution in [1.82, 2.24) is 0 Å². The SMILES string of the molecule is C=C(C#N)COC1OC(CO)C(O)C(O)C1O. The Morgan fingerprint density at radius 2 is 1.94 bits per heavy atom. The van der Waals surface area contributed by atoms with E-state index in [0.29, 0.717) is 0 Å². The van der Waals surface area contributed by atoms with Gasteiger partial charge in [0.1, 0.15) is 24.4 Å². The Kier molecular flexibility index (Phi) is 5.02. The van der Waals surface area contributed by atoms with Crippen molar-refractivity contribution in [3.8, 4) is 6.07 Å². The monoisotopic (exact) mass is 245 g/mol. The lowest BCUT2D eigenvalue weighted by Crippen LogP contribution is -2.59. The number of nitriles is 1. The van der Waals surface area contributed by atoms with Crippen molar-refractivity contribution in [1.29, 1.82) is 5.26 Å². The molecule has 1 saturated heterocycles. The van der Waals surface area contributed by atoms with Gasteiger partial charge in [-0.25, -0.2) is 0 Å². The molecule has 0 spiro atoms. The minimum atomic E-state index is -1.48. The Bertz CT molecular complexity index is 312. The van der Waals surface area contributed by atoms with Crippen LogP contribution in [0, 0.1) is 11.3 Å². The van der Waals surface area contributed by atoms with Gasteiger partial charge in [-0.15, -0.1) is 0 Å². The van der Waals surface area contributed by atoms with Gasteiger partial charge in [0, 0.05) is 5.57 Å². The van der Waals surface area contributed by atoms with Crippen LogP contribution in [0.4, 0.5) is 0 Å². The quantitative estimate of drug-likeness (QED) is 0.418. The fourth-order valence-corrected chi connectivity index (χ4v) is 1.42. The van der Waals surface area contributed by atoms with Gasteiger partial charge >= 0.3 is 0 Å². The van der Waals surface area contributed by atoms with E-state index < -0.39 is 37.3 Å². The summed E-state index contributed by atoms with van der Waals surface area (Å²) in [5.74, 6) is 0. The summed E-state index contributed by atoms with van der Waals surface area (Å²) >= 11 is 0. The molecule has 5 unspecified atom stereocenters. The fraction of sp³-hybridized carbons (Fsp3) is 0.700. The zero-order valence-corrected chi connectivity index (χ0v) is 9.06. The van der Waals surface area contributed by atoms with Gasteiger partial charge in [0.15, 0.2) is 6.29 Å². The van der Waals surface area contributed by atoms with Crippen LogP contribution in [0.15, 0.2) is 12.2 Å². The number of aliphatic hydroxyl groups excluding tert-OH is 4. The third-order valence-corrected chi connectivity index (χ3v) is 2.43. The molecule has 7 heteroatoms. The van der Waals surface area contributed by atoms with Crippen LogP contribution in [-0.2, 0) is 9.47 Å². The van der Waals surface area contributed by atoms with Gasteiger partial charge < -0.3 is 29.9 Å². The van der Waals surface area contributed by atoms with E-state index in [4.69, 9.17) is 19.8 Å². The molecular weight excluding hydrogens is 230 g/mol. The second kappa shape index (κ2) is 6.07. The highest BCUT2D eigenvalue weighted by Gasteiger charge is 2.43. The lowest BCUT2D eigenvalue weighted by Gasteiger charge is -2.39. The van der Waals surface area contributed by atoms with E-state index >= 15 is 0 Å². The Labute approximate surface area is 98.1 Å². The van der Waals surface area contributed by atoms with Crippen LogP contribution in [0.2, 0.25) is 0 Å². The average molecular weight is 245 g/mol. The summed E-state index contributed by atoms with van der Waals surface area (Å²) in [6.45, 7) is 2.68. The Morgan fingerprint density at radius 1 is 1.29 bits per heavy atom. The molecule has 7 nitrogen and oxygen atoms in total. The minimum absolute atomic E-state index is 0.127. The summed E-state index contributed by atoms with van der Waals surface area (Å²) in [4.78, 5) is 0. The van der Waals surface area contributed by atoms with Crippen molar-refractivity contribution in [3.63, 3.8) is 0 Å². The van der Waals surface area contributed by atoms with Crippen LogP contribution < -0.4 is 0 Å². The number of rotatable bonds is 4. The molecule has 1 rings (SSSR count). The van der Waals surface area contributed by atoms with Gasteiger partial charge in [-0.05, 0) is 0 Å². The fourth-order valence-electron chi connectivity index (χ4n) is 1.42. The molecule has 96 valence electrons. The van der Waals surface area contributed by atoms with E-state index in [2.05, 4.69) is 6.58 Å². The van der Waals surface area contributed by atoms with Gasteiger partial charge in [-0.3, -0.25) is 0 Å². The van der Waals surface area contributed by atoms with Crippen molar-refractivity contribution in [2.24, 2.45) is 0 Å². The molecule has 1 heterocycles. The highest BCUT2D eigenvalue weighted by atomic mass is 16.7. The van der Waals surface area contributed by atoms with Gasteiger partial charge in [0.05, 0.1) is 19.3 Å². The lowest BCUT2D eigenvalue weighted by atomic mass is 9.99. The first kappa shape index (κ1) is 14.1. The molecule has 1 aliphatic heterocycles. The highest BCUT2D eigenvalue weighted by Crippen LogP contribution is 2.22. The standard InChI is InChI=1S/C10H15NO6/c1-5(2-11)4-16-10-9(15)8(14)7(13)6(3-12)17-10/h6-10,12-15H,1,3-4H2. The average Bonchev–Trinajstić information content (AvgIpc) is 2.34. The summed E-state index contributed by atoms with van der Waals surface area (Å²) in [6.07, 6.45) is -6.61. The summed E-state index contributed by atoms with van der Waals surface area (Å²) in [7, 11) is 0. The number of nitrogens with zero attached hydrogens (tertiary/aromatic N) is 1. The molecule has 0 aromatic heterocycles. The van der Waals surface area contributed by atoms with E-state index in [-0.39, 0.29) is 12.2 Å². The van der Waals surface area contributed by atoms with Crippen LogP contribution >= 0.6 is 0 Å². The van der Waals surface area contributed by atoms with Gasteiger partial charge in [-0.1, -0.05) is 6.58 Å². The van der Waals surface area contributed by atoms with Crippen molar-refractivity contribution >= 4 is 0 Å². The summed E-state index contributed by atoms with van der Waals surface area (Å²) in [5, 5.41) is 45.8. The molecular formula is C10H15NO6. The van der Waals surface area contributed by atoms with Crippen LogP contribution in [0.1, 0.15) is 0 Å². The second-order valence-corrected chi connectivity index (χ2v) is 3.72. The van der Waals surface area contributed by atoms with E-state index in [1.807, 2.05) is 0 Å². The maximum absolute atomic E-state index is 9.55. The molecule has 1 fully saturated rings. The summed E-state index contributed by atoms with van der Waals surface area (Å²) in [5.41, 5.74) is 0.127. The zero-order valence-electron chi connectivity index (χ0n) is 9.06. The third-order valence-electron chi connectivity index (χ3n) is 2.43. The molecule has 5 atom stereocenters. The number of ether oxygens (including phenoxy) is 2. The van der Waals surface area contributed by atoms with Crippen molar-refractivity contribution in [3.05, 3.63) is 12.2 Å². The summed E-state index contributed by atoms with van der Waals surface area (Å²) in [6, 6.07) is 1.75. The molecule has 0 aliphatic carbocycles. The van der Waals surface area contributed by atoms with Crippen LogP contribution in [0.5, 0.6) is 0 Å². The van der Waals surface area contributed by atoms with Gasteiger partial charge in [-0.2, -0.15) is 5.26 Å². The predicted octanol–water partition coefficient (Wildman–Crippen LogP) is -2.12. The first-order valence-corrected chi connectivity index (χ1v) is 5.01. The number of hydrogen-bond acceptors (Lipinski definition) is 7. The topological polar surface area (TPSA) is 123 Å². The molecule has 1 aliphatic rings. The summed E-state index contributed by atoms with van der Waals surface area (Å²) < 4.78 is 10.1. The molecule has 0 radical (unpaired) electrons. The van der Waals surface area contributed by atoms with Crippen LogP contribution in [-0.4, -0.2) is 64.3 Å². The van der Waals surface area contributed by atoms with Gasteiger partial charge in [0.2, 0.25) is 0 Å².